The number of aliphatic hydroxyl groups is 1. The number of hydrogen-bond acceptors (Lipinski definition) is 4. The van der Waals surface area contributed by atoms with E-state index in [4.69, 9.17) is 5.11 Å². The Hall–Kier alpha value is -3.77. The fourth-order valence-electron chi connectivity index (χ4n) is 6.67. The van der Waals surface area contributed by atoms with Crippen LogP contribution in [0.25, 0.3) is 0 Å². The van der Waals surface area contributed by atoms with E-state index in [-0.39, 0.29) is 17.2 Å². The molecule has 3 N–H and O–H groups in total. The molecular formula is C33H38N2O4. The van der Waals surface area contributed by atoms with Crippen molar-refractivity contribution < 1.29 is 19.5 Å². The molecule has 6 nitrogen and oxygen atoms in total. The third-order valence-electron chi connectivity index (χ3n) is 8.20. The van der Waals surface area contributed by atoms with E-state index in [1.807, 2.05) is 12.1 Å². The zero-order chi connectivity index (χ0) is 28.0. The molecule has 6 heteroatoms. The summed E-state index contributed by atoms with van der Waals surface area (Å²) in [6.07, 6.45) is 7.30. The number of aldehydes is 1. The maximum Gasteiger partial charge on any atom is 0.255 e. The molecule has 0 radical (unpaired) electrons. The third-order valence-corrected chi connectivity index (χ3v) is 8.20. The Kier molecular flexibility index (Phi) is 8.97. The van der Waals surface area contributed by atoms with Crippen molar-refractivity contribution in [2.75, 3.05) is 17.7 Å². The molecule has 204 valence electrons. The van der Waals surface area contributed by atoms with Crippen molar-refractivity contribution >= 4 is 29.5 Å². The fourth-order valence-corrected chi connectivity index (χ4v) is 6.67. The van der Waals surface area contributed by atoms with E-state index in [1.54, 1.807) is 48.5 Å². The highest BCUT2D eigenvalue weighted by atomic mass is 16.2. The molecule has 2 fully saturated rings. The second kappa shape index (κ2) is 12.4. The van der Waals surface area contributed by atoms with Crippen LogP contribution in [0.15, 0.2) is 72.8 Å². The number of carbonyl (C=O) groups excluding carboxylic acids is 3. The molecule has 3 aromatic rings. The molecule has 5 rings (SSSR count). The Morgan fingerprint density at radius 3 is 1.90 bits per heavy atom. The van der Waals surface area contributed by atoms with E-state index in [2.05, 4.69) is 36.6 Å². The van der Waals surface area contributed by atoms with Crippen LogP contribution in [0.2, 0.25) is 0 Å². The lowest BCUT2D eigenvalue weighted by Gasteiger charge is -2.47. The second-order valence-electron chi connectivity index (χ2n) is 11.3. The Labute approximate surface area is 230 Å². The molecule has 2 unspecified atom stereocenters. The first-order valence-corrected chi connectivity index (χ1v) is 13.7. The number of carbonyl (C=O) groups is 3. The third kappa shape index (κ3) is 6.63. The van der Waals surface area contributed by atoms with Crippen LogP contribution in [0.5, 0.6) is 0 Å². The van der Waals surface area contributed by atoms with E-state index in [0.717, 1.165) is 30.6 Å². The fraction of sp³-hybridized carbons (Fsp3) is 0.364. The van der Waals surface area contributed by atoms with Gasteiger partial charge in [0, 0.05) is 29.5 Å². The maximum absolute atomic E-state index is 12.8. The summed E-state index contributed by atoms with van der Waals surface area (Å²) in [6.45, 7) is 4.81. The topological polar surface area (TPSA) is 95.5 Å². The van der Waals surface area contributed by atoms with Crippen molar-refractivity contribution in [1.29, 1.82) is 0 Å². The number of hydrogen-bond donors (Lipinski definition) is 3. The Morgan fingerprint density at radius 1 is 0.795 bits per heavy atom. The van der Waals surface area contributed by atoms with Crippen molar-refractivity contribution in [3.05, 3.63) is 95.1 Å². The number of benzene rings is 3. The lowest BCUT2D eigenvalue weighted by molar-refractivity contribution is 0.0899. The minimum atomic E-state index is -0.341. The molecule has 2 atom stereocenters. The largest absolute Gasteiger partial charge is 0.400 e. The molecule has 39 heavy (non-hydrogen) atoms. The standard InChI is InChI=1S/C32H34N2O3.CH4O/c1-21-15-22-17-23(16-21)19-32(2,18-22)27-11-13-28(14-12-27)33-30(36)24-7-9-25(10-8-24)31(37)34-29-6-4-3-5-26(29)20-35;1-2/h3-14,20-23H,15-19H2,1-2H3,(H,33,36)(H,34,37);2H,1H3. The molecule has 0 spiro atoms. The predicted octanol–water partition coefficient (Wildman–Crippen LogP) is 6.72. The van der Waals surface area contributed by atoms with Crippen molar-refractivity contribution in [3.63, 3.8) is 0 Å². The van der Waals surface area contributed by atoms with Gasteiger partial charge in [0.25, 0.3) is 11.8 Å². The van der Waals surface area contributed by atoms with Gasteiger partial charge >= 0.3 is 0 Å². The molecule has 2 bridgehead atoms. The average molecular weight is 527 g/mol. The molecule has 0 aliphatic heterocycles. The minimum Gasteiger partial charge on any atom is -0.400 e. The summed E-state index contributed by atoms with van der Waals surface area (Å²) in [7, 11) is 1.00. The summed E-state index contributed by atoms with van der Waals surface area (Å²) in [4.78, 5) is 36.6. The minimum absolute atomic E-state index is 0.207. The quantitative estimate of drug-likeness (QED) is 0.311. The van der Waals surface area contributed by atoms with Crippen LogP contribution in [0.1, 0.15) is 82.6 Å². The lowest BCUT2D eigenvalue weighted by Crippen LogP contribution is -2.38. The van der Waals surface area contributed by atoms with Crippen LogP contribution >= 0.6 is 0 Å². The van der Waals surface area contributed by atoms with Gasteiger partial charge in [0.15, 0.2) is 6.29 Å². The lowest BCUT2D eigenvalue weighted by atomic mass is 9.57. The monoisotopic (exact) mass is 526 g/mol. The predicted molar refractivity (Wildman–Crippen MR) is 155 cm³/mol. The van der Waals surface area contributed by atoms with Gasteiger partial charge in [-0.05, 0) is 109 Å². The van der Waals surface area contributed by atoms with Crippen LogP contribution in [0.3, 0.4) is 0 Å². The van der Waals surface area contributed by atoms with E-state index < -0.39 is 0 Å². The summed E-state index contributed by atoms with van der Waals surface area (Å²) in [5, 5.41) is 12.7. The number of fused-ring (bicyclic) bond motifs is 2. The normalized spacial score (nSPS) is 23.5. The van der Waals surface area contributed by atoms with Crippen molar-refractivity contribution in [2.24, 2.45) is 17.8 Å². The Balaban J connectivity index is 0.00000172. The Bertz CT molecular complexity index is 1280. The number of nitrogens with one attached hydrogen (secondary N) is 2. The molecule has 2 saturated carbocycles. The van der Waals surface area contributed by atoms with E-state index in [9.17, 15) is 14.4 Å². The van der Waals surface area contributed by atoms with Gasteiger partial charge in [0.2, 0.25) is 0 Å². The van der Waals surface area contributed by atoms with Crippen molar-refractivity contribution in [1.82, 2.24) is 0 Å². The zero-order valence-electron chi connectivity index (χ0n) is 22.9. The first-order chi connectivity index (χ1) is 18.8. The van der Waals surface area contributed by atoms with Gasteiger partial charge in [-0.15, -0.1) is 0 Å². The zero-order valence-corrected chi connectivity index (χ0v) is 22.9. The summed E-state index contributed by atoms with van der Waals surface area (Å²) < 4.78 is 0. The van der Waals surface area contributed by atoms with Gasteiger partial charge in [-0.1, -0.05) is 38.1 Å². The van der Waals surface area contributed by atoms with E-state index in [1.165, 1.54) is 37.7 Å². The molecule has 2 aliphatic rings. The smallest absolute Gasteiger partial charge is 0.255 e. The van der Waals surface area contributed by atoms with Gasteiger partial charge in [0.05, 0.1) is 5.69 Å². The van der Waals surface area contributed by atoms with Gasteiger partial charge in [-0.3, -0.25) is 14.4 Å². The van der Waals surface area contributed by atoms with E-state index >= 15 is 0 Å². The van der Waals surface area contributed by atoms with Gasteiger partial charge in [-0.2, -0.15) is 0 Å². The highest BCUT2D eigenvalue weighted by molar-refractivity contribution is 6.08. The van der Waals surface area contributed by atoms with Gasteiger partial charge in [0.1, 0.15) is 0 Å². The molecule has 0 aromatic heterocycles. The summed E-state index contributed by atoms with van der Waals surface area (Å²) in [5.41, 5.74) is 4.06. The van der Waals surface area contributed by atoms with E-state index in [0.29, 0.717) is 28.7 Å². The van der Waals surface area contributed by atoms with Crippen molar-refractivity contribution in [2.45, 2.75) is 51.4 Å². The number of amides is 2. The maximum atomic E-state index is 12.8. The Morgan fingerprint density at radius 2 is 1.33 bits per heavy atom. The number of anilines is 2. The van der Waals surface area contributed by atoms with Crippen LogP contribution in [0.4, 0.5) is 11.4 Å². The summed E-state index contributed by atoms with van der Waals surface area (Å²) >= 11 is 0. The van der Waals surface area contributed by atoms with Crippen LogP contribution < -0.4 is 10.6 Å². The van der Waals surface area contributed by atoms with Gasteiger partial charge < -0.3 is 15.7 Å². The number of aliphatic hydroxyl groups excluding tert-OH is 1. The molecule has 2 amide bonds. The SMILES string of the molecule is CC1CC2CC(C1)CC(C)(c1ccc(NC(=O)c3ccc(C(=O)Nc4ccccc4C=O)cc3)cc1)C2.CO. The first-order valence-electron chi connectivity index (χ1n) is 13.7. The molecular weight excluding hydrogens is 488 g/mol. The number of rotatable bonds is 6. The molecule has 0 saturated heterocycles. The van der Waals surface area contributed by atoms with Crippen LogP contribution in [-0.4, -0.2) is 30.3 Å². The highest BCUT2D eigenvalue weighted by Gasteiger charge is 2.41. The molecule has 3 aromatic carbocycles. The first kappa shape index (κ1) is 28.2. The summed E-state index contributed by atoms with van der Waals surface area (Å²) in [6, 6.07) is 21.6. The molecule has 0 heterocycles. The van der Waals surface area contributed by atoms with Gasteiger partial charge in [-0.25, -0.2) is 0 Å². The number of para-hydroxylation sites is 1. The van der Waals surface area contributed by atoms with Crippen LogP contribution in [-0.2, 0) is 5.41 Å². The summed E-state index contributed by atoms with van der Waals surface area (Å²) in [5.74, 6) is 1.95. The van der Waals surface area contributed by atoms with Crippen LogP contribution in [0, 0.1) is 17.8 Å². The van der Waals surface area contributed by atoms with Crippen molar-refractivity contribution in [3.8, 4) is 0 Å². The molecule has 2 aliphatic carbocycles. The highest BCUT2D eigenvalue weighted by Crippen LogP contribution is 2.51. The average Bonchev–Trinajstić information content (AvgIpc) is 2.94. The second-order valence-corrected chi connectivity index (χ2v) is 11.3.